The van der Waals surface area contributed by atoms with Crippen LogP contribution in [0.25, 0.3) is 11.1 Å². The molecule has 1 aromatic heterocycles. The predicted octanol–water partition coefficient (Wildman–Crippen LogP) is 1.48. The van der Waals surface area contributed by atoms with E-state index >= 15 is 0 Å². The lowest BCUT2D eigenvalue weighted by Gasteiger charge is -2.45. The maximum atomic E-state index is 6.27. The minimum Gasteiger partial charge on any atom is -0.489 e. The highest BCUT2D eigenvalue weighted by molar-refractivity contribution is 5.75. The molecule has 5 rings (SSSR count). The third kappa shape index (κ3) is 2.19. The predicted molar refractivity (Wildman–Crippen MR) is 90.1 cm³/mol. The van der Waals surface area contributed by atoms with E-state index in [0.29, 0.717) is 19.8 Å². The van der Waals surface area contributed by atoms with Crippen molar-refractivity contribution >= 4 is 6.02 Å². The standard InChI is InChI=1S/C18H18N4O3/c19-17-22-18(9-24-17)13-5-11(12-6-20-10-21-7-12)1-2-15(13)25-16-3-4-23-8-14(16)18/h1-2,5-7,10,14,16H,3-4,8-9H2,(H2,19,22)/t14?,16-,18+/m1/s1. The monoisotopic (exact) mass is 338 g/mol. The minimum absolute atomic E-state index is 0.0606. The van der Waals surface area contributed by atoms with Crippen molar-refractivity contribution in [2.45, 2.75) is 18.1 Å². The van der Waals surface area contributed by atoms with Gasteiger partial charge in [0.05, 0.1) is 19.1 Å². The molecule has 1 saturated heterocycles. The molecule has 7 heteroatoms. The Balaban J connectivity index is 1.68. The van der Waals surface area contributed by atoms with Gasteiger partial charge in [-0.3, -0.25) is 0 Å². The third-order valence-corrected chi connectivity index (χ3v) is 5.27. The molecule has 1 unspecified atom stereocenters. The number of fused-ring (bicyclic) bond motifs is 4. The zero-order chi connectivity index (χ0) is 16.9. The molecule has 0 aliphatic carbocycles. The summed E-state index contributed by atoms with van der Waals surface area (Å²) in [6, 6.07) is 6.33. The van der Waals surface area contributed by atoms with Crippen LogP contribution < -0.4 is 10.5 Å². The molecule has 1 fully saturated rings. The largest absolute Gasteiger partial charge is 0.489 e. The van der Waals surface area contributed by atoms with E-state index in [1.807, 2.05) is 12.1 Å². The van der Waals surface area contributed by atoms with E-state index in [-0.39, 0.29) is 18.0 Å². The molecule has 128 valence electrons. The van der Waals surface area contributed by atoms with E-state index in [9.17, 15) is 0 Å². The van der Waals surface area contributed by atoms with Crippen LogP contribution in [0.3, 0.4) is 0 Å². The second kappa shape index (κ2) is 5.42. The quantitative estimate of drug-likeness (QED) is 0.847. The molecule has 2 N–H and O–H groups in total. The first-order valence-corrected chi connectivity index (χ1v) is 8.39. The maximum Gasteiger partial charge on any atom is 0.283 e. The third-order valence-electron chi connectivity index (χ3n) is 5.27. The Labute approximate surface area is 144 Å². The van der Waals surface area contributed by atoms with Crippen molar-refractivity contribution in [1.29, 1.82) is 0 Å². The smallest absolute Gasteiger partial charge is 0.283 e. The fraction of sp³-hybridized carbons (Fsp3) is 0.389. The summed E-state index contributed by atoms with van der Waals surface area (Å²) in [5.41, 5.74) is 8.28. The lowest BCUT2D eigenvalue weighted by molar-refractivity contribution is -0.0726. The van der Waals surface area contributed by atoms with Gasteiger partial charge in [-0.2, -0.15) is 0 Å². The van der Waals surface area contributed by atoms with Crippen LogP contribution in [0, 0.1) is 5.92 Å². The molecule has 0 radical (unpaired) electrons. The van der Waals surface area contributed by atoms with E-state index in [2.05, 4.69) is 16.0 Å². The molecule has 4 heterocycles. The first-order chi connectivity index (χ1) is 12.3. The van der Waals surface area contributed by atoms with E-state index in [4.69, 9.17) is 24.9 Å². The zero-order valence-electron chi connectivity index (χ0n) is 13.6. The highest BCUT2D eigenvalue weighted by atomic mass is 16.5. The first-order valence-electron chi connectivity index (χ1n) is 8.39. The number of nitrogens with zero attached hydrogens (tertiary/aromatic N) is 3. The Morgan fingerprint density at radius 1 is 1.16 bits per heavy atom. The SMILES string of the molecule is NC1=N[C@@]2(CO1)c1cc(-c3cncnc3)ccc1O[C@@H]1CCOCC12. The van der Waals surface area contributed by atoms with Gasteiger partial charge < -0.3 is 19.9 Å². The molecule has 3 atom stereocenters. The van der Waals surface area contributed by atoms with Gasteiger partial charge in [0.15, 0.2) is 0 Å². The molecule has 0 bridgehead atoms. The Bertz CT molecular complexity index is 841. The van der Waals surface area contributed by atoms with Crippen LogP contribution in [0.4, 0.5) is 0 Å². The zero-order valence-corrected chi connectivity index (χ0v) is 13.6. The molecular weight excluding hydrogens is 320 g/mol. The van der Waals surface area contributed by atoms with Gasteiger partial charge in [-0.1, -0.05) is 6.07 Å². The lowest BCUT2D eigenvalue weighted by atomic mass is 9.72. The van der Waals surface area contributed by atoms with Gasteiger partial charge in [0, 0.05) is 29.9 Å². The molecule has 3 aliphatic rings. The fourth-order valence-electron chi connectivity index (χ4n) is 4.04. The van der Waals surface area contributed by atoms with Gasteiger partial charge in [0.1, 0.15) is 30.3 Å². The van der Waals surface area contributed by atoms with Crippen LogP contribution in [0.1, 0.15) is 12.0 Å². The number of hydrogen-bond donors (Lipinski definition) is 1. The molecule has 1 aromatic carbocycles. The van der Waals surface area contributed by atoms with Gasteiger partial charge >= 0.3 is 0 Å². The summed E-state index contributed by atoms with van der Waals surface area (Å²) in [6.45, 7) is 1.70. The Hall–Kier alpha value is -2.67. The summed E-state index contributed by atoms with van der Waals surface area (Å²) in [5.74, 6) is 0.919. The summed E-state index contributed by atoms with van der Waals surface area (Å²) in [7, 11) is 0. The second-order valence-electron chi connectivity index (χ2n) is 6.63. The molecule has 1 spiro atoms. The van der Waals surface area contributed by atoms with Crippen LogP contribution in [-0.2, 0) is 15.0 Å². The molecule has 25 heavy (non-hydrogen) atoms. The maximum absolute atomic E-state index is 6.27. The lowest BCUT2D eigenvalue weighted by Crippen LogP contribution is -2.52. The summed E-state index contributed by atoms with van der Waals surface area (Å²) in [4.78, 5) is 12.9. The van der Waals surface area contributed by atoms with Crippen molar-refractivity contribution in [3.8, 4) is 16.9 Å². The highest BCUT2D eigenvalue weighted by Gasteiger charge is 2.54. The number of benzene rings is 1. The number of ether oxygens (including phenoxy) is 3. The van der Waals surface area contributed by atoms with Crippen molar-refractivity contribution in [3.63, 3.8) is 0 Å². The number of nitrogens with two attached hydrogens (primary N) is 1. The van der Waals surface area contributed by atoms with Crippen molar-refractivity contribution < 1.29 is 14.2 Å². The molecule has 0 saturated carbocycles. The van der Waals surface area contributed by atoms with Crippen LogP contribution >= 0.6 is 0 Å². The topological polar surface area (TPSA) is 91.9 Å². The van der Waals surface area contributed by atoms with E-state index in [0.717, 1.165) is 28.9 Å². The normalized spacial score (nSPS) is 30.0. The van der Waals surface area contributed by atoms with Gasteiger partial charge in [0.2, 0.25) is 0 Å². The van der Waals surface area contributed by atoms with E-state index < -0.39 is 5.54 Å². The highest BCUT2D eigenvalue weighted by Crippen LogP contribution is 2.50. The average Bonchev–Trinajstić information content (AvgIpc) is 3.05. The average molecular weight is 338 g/mol. The number of amidine groups is 1. The molecule has 3 aliphatic heterocycles. The van der Waals surface area contributed by atoms with E-state index in [1.165, 1.54) is 6.33 Å². The van der Waals surface area contributed by atoms with Crippen molar-refractivity contribution in [2.75, 3.05) is 19.8 Å². The first kappa shape index (κ1) is 14.7. The van der Waals surface area contributed by atoms with Crippen molar-refractivity contribution in [1.82, 2.24) is 9.97 Å². The molecule has 7 nitrogen and oxygen atoms in total. The van der Waals surface area contributed by atoms with Gasteiger partial charge in [0.25, 0.3) is 6.02 Å². The van der Waals surface area contributed by atoms with Gasteiger partial charge in [-0.15, -0.1) is 0 Å². The summed E-state index contributed by atoms with van der Waals surface area (Å²) in [6.07, 6.45) is 6.01. The summed E-state index contributed by atoms with van der Waals surface area (Å²) >= 11 is 0. The van der Waals surface area contributed by atoms with Gasteiger partial charge in [-0.25, -0.2) is 15.0 Å². The fourth-order valence-corrected chi connectivity index (χ4v) is 4.04. The van der Waals surface area contributed by atoms with E-state index in [1.54, 1.807) is 12.4 Å². The summed E-state index contributed by atoms with van der Waals surface area (Å²) < 4.78 is 17.6. The Morgan fingerprint density at radius 3 is 2.84 bits per heavy atom. The van der Waals surface area contributed by atoms with Crippen LogP contribution in [0.5, 0.6) is 5.75 Å². The summed E-state index contributed by atoms with van der Waals surface area (Å²) in [5, 5.41) is 0. The van der Waals surface area contributed by atoms with Crippen LogP contribution in [0.15, 0.2) is 41.9 Å². The number of rotatable bonds is 1. The Morgan fingerprint density at radius 2 is 2.04 bits per heavy atom. The minimum atomic E-state index is -0.561. The molecule has 2 aromatic rings. The number of aliphatic imine (C=N–C) groups is 1. The van der Waals surface area contributed by atoms with Crippen molar-refractivity contribution in [3.05, 3.63) is 42.5 Å². The van der Waals surface area contributed by atoms with Crippen LogP contribution in [0.2, 0.25) is 0 Å². The molecular formula is C18H18N4O3. The Kier molecular flexibility index (Phi) is 3.18. The number of hydrogen-bond acceptors (Lipinski definition) is 7. The number of aromatic nitrogens is 2. The second-order valence-corrected chi connectivity index (χ2v) is 6.63. The molecule has 0 amide bonds. The van der Waals surface area contributed by atoms with Gasteiger partial charge in [-0.05, 0) is 17.7 Å². The van der Waals surface area contributed by atoms with Crippen molar-refractivity contribution in [2.24, 2.45) is 16.6 Å². The van der Waals surface area contributed by atoms with Crippen LogP contribution in [-0.4, -0.2) is 41.9 Å².